The molecule has 3 aromatic rings. The fourth-order valence-corrected chi connectivity index (χ4v) is 5.73. The summed E-state index contributed by atoms with van der Waals surface area (Å²) in [6.45, 7) is 0.102. The minimum absolute atomic E-state index is 0.00140. The molecule has 1 heterocycles. The molecule has 0 spiro atoms. The van der Waals surface area contributed by atoms with Crippen LogP contribution in [-0.4, -0.2) is 25.9 Å². The van der Waals surface area contributed by atoms with Gasteiger partial charge in [0.2, 0.25) is 15.9 Å². The van der Waals surface area contributed by atoms with Gasteiger partial charge in [0.05, 0.1) is 22.3 Å². The Morgan fingerprint density at radius 1 is 0.941 bits per heavy atom. The maximum Gasteiger partial charge on any atom is 0.242 e. The van der Waals surface area contributed by atoms with Crippen molar-refractivity contribution in [1.82, 2.24) is 5.32 Å². The minimum Gasteiger partial charge on any atom is -0.351 e. The van der Waals surface area contributed by atoms with Crippen molar-refractivity contribution in [3.8, 4) is 0 Å². The largest absolute Gasteiger partial charge is 0.351 e. The number of carbonyl (C=O) groups excluding carboxylic acids is 2. The number of Topliss-reactive ketones (excluding diaryl/α,β-unsaturated/α-hetero) is 1. The van der Waals surface area contributed by atoms with Gasteiger partial charge in [-0.15, -0.1) is 0 Å². The smallest absolute Gasteiger partial charge is 0.242 e. The van der Waals surface area contributed by atoms with Crippen LogP contribution in [-0.2, 0) is 32.7 Å². The van der Waals surface area contributed by atoms with Crippen molar-refractivity contribution in [2.24, 2.45) is 0 Å². The Morgan fingerprint density at radius 3 is 2.32 bits per heavy atom. The first kappa shape index (κ1) is 24.5. The number of fused-ring (bicyclic) bond motifs is 1. The van der Waals surface area contributed by atoms with E-state index in [0.717, 1.165) is 0 Å². The molecule has 1 atom stereocenters. The average Bonchev–Trinajstić information content (AvgIpc) is 2.87. The Morgan fingerprint density at radius 2 is 1.62 bits per heavy atom. The molecule has 1 aliphatic heterocycles. The van der Waals surface area contributed by atoms with Crippen LogP contribution in [0.5, 0.6) is 0 Å². The van der Waals surface area contributed by atoms with Crippen LogP contribution in [0.15, 0.2) is 66.7 Å². The lowest BCUT2D eigenvalue weighted by atomic mass is 9.92. The first-order valence-corrected chi connectivity index (χ1v) is 13.0. The van der Waals surface area contributed by atoms with Crippen molar-refractivity contribution >= 4 is 62.2 Å². The molecule has 0 aromatic heterocycles. The summed E-state index contributed by atoms with van der Waals surface area (Å²) in [7, 11) is -4.04. The third-order valence-corrected chi connectivity index (χ3v) is 8.09. The van der Waals surface area contributed by atoms with E-state index in [1.54, 1.807) is 66.7 Å². The van der Waals surface area contributed by atoms with Crippen LogP contribution in [0.3, 0.4) is 0 Å². The molecule has 1 unspecified atom stereocenters. The van der Waals surface area contributed by atoms with Crippen molar-refractivity contribution in [1.29, 1.82) is 0 Å². The number of halogens is 3. The quantitative estimate of drug-likeness (QED) is 0.466. The molecule has 0 saturated carbocycles. The van der Waals surface area contributed by atoms with E-state index < -0.39 is 33.4 Å². The number of sulfonamides is 1. The fourth-order valence-electron chi connectivity index (χ4n) is 3.79. The van der Waals surface area contributed by atoms with Crippen LogP contribution in [0.4, 0.5) is 5.69 Å². The van der Waals surface area contributed by atoms with Gasteiger partial charge in [0.1, 0.15) is 11.7 Å². The highest BCUT2D eigenvalue weighted by Gasteiger charge is 2.40. The highest BCUT2D eigenvalue weighted by atomic mass is 35.5. The molecule has 1 amide bonds. The maximum atomic E-state index is 13.2. The second kappa shape index (κ2) is 9.96. The number of hydrogen-bond acceptors (Lipinski definition) is 4. The Kier molecular flexibility index (Phi) is 7.19. The molecule has 0 fully saturated rings. The van der Waals surface area contributed by atoms with Gasteiger partial charge in [0, 0.05) is 11.6 Å². The Balaban J connectivity index is 1.66. The van der Waals surface area contributed by atoms with Gasteiger partial charge in [-0.2, -0.15) is 0 Å². The lowest BCUT2D eigenvalue weighted by molar-refractivity contribution is -0.129. The van der Waals surface area contributed by atoms with E-state index >= 15 is 0 Å². The number of para-hydroxylation sites is 1. The molecular formula is C24H19Cl3N2O4S. The van der Waals surface area contributed by atoms with E-state index in [1.165, 1.54) is 4.31 Å². The summed E-state index contributed by atoms with van der Waals surface area (Å²) in [6, 6.07) is 18.2. The van der Waals surface area contributed by atoms with Crippen molar-refractivity contribution < 1.29 is 18.0 Å². The first-order chi connectivity index (χ1) is 16.2. The zero-order valence-corrected chi connectivity index (χ0v) is 20.8. The van der Waals surface area contributed by atoms with Crippen molar-refractivity contribution in [3.63, 3.8) is 0 Å². The first-order valence-electron chi connectivity index (χ1n) is 10.2. The second-order valence-electron chi connectivity index (χ2n) is 7.81. The summed E-state index contributed by atoms with van der Waals surface area (Å²) >= 11 is 17.9. The third kappa shape index (κ3) is 5.23. The summed E-state index contributed by atoms with van der Waals surface area (Å²) in [4.78, 5) is 26.2. The molecule has 0 saturated heterocycles. The van der Waals surface area contributed by atoms with Gasteiger partial charge in [-0.25, -0.2) is 8.42 Å². The Hall–Kier alpha value is -2.58. The molecular weight excluding hydrogens is 519 g/mol. The van der Waals surface area contributed by atoms with E-state index in [0.29, 0.717) is 31.8 Å². The number of hydrogen-bond donors (Lipinski definition) is 1. The van der Waals surface area contributed by atoms with Crippen LogP contribution >= 0.6 is 34.8 Å². The molecule has 4 rings (SSSR count). The summed E-state index contributed by atoms with van der Waals surface area (Å²) in [5.74, 6) is -3.35. The SMILES string of the molecule is O=C1CS(=O)(=O)N(Cc2ccc(Cl)cc2)c2ccccc2C1C(=O)NCc1ccc(Cl)c(Cl)c1. The van der Waals surface area contributed by atoms with E-state index in [2.05, 4.69) is 5.32 Å². The number of amides is 1. The van der Waals surface area contributed by atoms with Crippen molar-refractivity contribution in [3.05, 3.63) is 98.5 Å². The maximum absolute atomic E-state index is 13.2. The van der Waals surface area contributed by atoms with Gasteiger partial charge in [0.15, 0.2) is 5.78 Å². The number of anilines is 1. The fraction of sp³-hybridized carbons (Fsp3) is 0.167. The number of carbonyl (C=O) groups is 2. The Labute approximate surface area is 212 Å². The lowest BCUT2D eigenvalue weighted by Gasteiger charge is -2.24. The number of nitrogens with zero attached hydrogens (tertiary/aromatic N) is 1. The van der Waals surface area contributed by atoms with E-state index in [1.807, 2.05) is 0 Å². The van der Waals surface area contributed by atoms with E-state index in [-0.39, 0.29) is 18.8 Å². The van der Waals surface area contributed by atoms with Gasteiger partial charge in [0.25, 0.3) is 0 Å². The molecule has 0 bridgehead atoms. The Bertz CT molecular complexity index is 1360. The zero-order valence-electron chi connectivity index (χ0n) is 17.7. The van der Waals surface area contributed by atoms with Crippen molar-refractivity contribution in [2.75, 3.05) is 10.1 Å². The predicted molar refractivity (Wildman–Crippen MR) is 134 cm³/mol. The number of rotatable bonds is 5. The molecule has 176 valence electrons. The van der Waals surface area contributed by atoms with Crippen molar-refractivity contribution in [2.45, 2.75) is 19.0 Å². The zero-order chi connectivity index (χ0) is 24.5. The molecule has 3 aromatic carbocycles. The topological polar surface area (TPSA) is 83.6 Å². The lowest BCUT2D eigenvalue weighted by Crippen LogP contribution is -2.36. The van der Waals surface area contributed by atoms with Gasteiger partial charge in [-0.3, -0.25) is 13.9 Å². The van der Waals surface area contributed by atoms with Crippen LogP contribution in [0, 0.1) is 0 Å². The molecule has 1 aliphatic rings. The van der Waals surface area contributed by atoms with Gasteiger partial charge in [-0.05, 0) is 47.0 Å². The minimum atomic E-state index is -4.04. The number of ketones is 1. The highest BCUT2D eigenvalue weighted by molar-refractivity contribution is 7.93. The average molecular weight is 538 g/mol. The summed E-state index contributed by atoms with van der Waals surface area (Å²) in [6.07, 6.45) is 0. The number of benzene rings is 3. The molecule has 10 heteroatoms. The van der Waals surface area contributed by atoms with Gasteiger partial charge >= 0.3 is 0 Å². The van der Waals surface area contributed by atoms with Gasteiger partial charge in [-0.1, -0.05) is 71.2 Å². The van der Waals surface area contributed by atoms with Crippen LogP contribution in [0.2, 0.25) is 15.1 Å². The molecule has 34 heavy (non-hydrogen) atoms. The van der Waals surface area contributed by atoms with Crippen LogP contribution in [0.25, 0.3) is 0 Å². The molecule has 0 aliphatic carbocycles. The number of nitrogens with one attached hydrogen (secondary N) is 1. The predicted octanol–water partition coefficient (Wildman–Crippen LogP) is 4.97. The molecule has 0 radical (unpaired) electrons. The standard InChI is InChI=1S/C24H19Cl3N2O4S/c25-17-8-5-15(6-9-17)13-29-21-4-2-1-3-18(21)23(22(30)14-34(29,32)33)24(31)28-12-16-7-10-19(26)20(27)11-16/h1-11,23H,12-14H2,(H,28,31). The summed E-state index contributed by atoms with van der Waals surface area (Å²) < 4.78 is 27.5. The summed E-state index contributed by atoms with van der Waals surface area (Å²) in [5.41, 5.74) is 2.00. The summed E-state index contributed by atoms with van der Waals surface area (Å²) in [5, 5.41) is 3.97. The van der Waals surface area contributed by atoms with Crippen LogP contribution < -0.4 is 9.62 Å². The van der Waals surface area contributed by atoms with E-state index in [4.69, 9.17) is 34.8 Å². The molecule has 1 N–H and O–H groups in total. The van der Waals surface area contributed by atoms with Gasteiger partial charge < -0.3 is 5.32 Å². The van der Waals surface area contributed by atoms with E-state index in [9.17, 15) is 18.0 Å². The molecule has 6 nitrogen and oxygen atoms in total. The normalized spacial score (nSPS) is 17.1. The monoisotopic (exact) mass is 536 g/mol. The third-order valence-electron chi connectivity index (χ3n) is 5.45. The second-order valence-corrected chi connectivity index (χ2v) is 11.0. The van der Waals surface area contributed by atoms with Crippen LogP contribution in [0.1, 0.15) is 22.6 Å². The highest BCUT2D eigenvalue weighted by Crippen LogP contribution is 2.35.